The highest BCUT2D eigenvalue weighted by Crippen LogP contribution is 2.13. The highest BCUT2D eigenvalue weighted by Gasteiger charge is 2.17. The Balaban J connectivity index is 2.78. The third-order valence-electron chi connectivity index (χ3n) is 1.83. The zero-order valence-corrected chi connectivity index (χ0v) is 9.51. The van der Waals surface area contributed by atoms with E-state index in [1.807, 2.05) is 13.8 Å². The van der Waals surface area contributed by atoms with Crippen molar-refractivity contribution in [2.24, 2.45) is 17.4 Å². The Morgan fingerprint density at radius 2 is 2.19 bits per heavy atom. The minimum atomic E-state index is -0.437. The van der Waals surface area contributed by atoms with Crippen molar-refractivity contribution < 1.29 is 9.21 Å². The predicted octanol–water partition coefficient (Wildman–Crippen LogP) is -0.524. The summed E-state index contributed by atoms with van der Waals surface area (Å²) in [6, 6.07) is 0.285. The molecular weight excluding hydrogens is 210 g/mol. The molecule has 0 aromatic carbocycles. The molecule has 0 aliphatic heterocycles. The molecule has 90 valence electrons. The fourth-order valence-electron chi connectivity index (χ4n) is 1.29. The molecule has 0 saturated carbocycles. The second-order valence-electron chi connectivity index (χ2n) is 3.92. The number of nitrogens with two attached hydrogens (primary N) is 2. The molecule has 16 heavy (non-hydrogen) atoms. The molecule has 0 fully saturated rings. The quantitative estimate of drug-likeness (QED) is 0.676. The Hall–Kier alpha value is -1.63. The SMILES string of the molecule is CC(C)CN(CC(N)=O)c1nnc(CN)o1. The van der Waals surface area contributed by atoms with E-state index in [1.165, 1.54) is 0 Å². The molecule has 7 heteroatoms. The van der Waals surface area contributed by atoms with Crippen LogP contribution in [0.2, 0.25) is 0 Å². The van der Waals surface area contributed by atoms with E-state index in [2.05, 4.69) is 10.2 Å². The summed E-state index contributed by atoms with van der Waals surface area (Å²) in [6.07, 6.45) is 0. The van der Waals surface area contributed by atoms with Crippen LogP contribution in [0.3, 0.4) is 0 Å². The molecule has 1 heterocycles. The summed E-state index contributed by atoms with van der Waals surface area (Å²) in [5, 5.41) is 7.55. The van der Waals surface area contributed by atoms with Crippen LogP contribution in [0.15, 0.2) is 4.42 Å². The summed E-state index contributed by atoms with van der Waals surface area (Å²) in [7, 11) is 0. The summed E-state index contributed by atoms with van der Waals surface area (Å²) in [5.41, 5.74) is 10.5. The van der Waals surface area contributed by atoms with Gasteiger partial charge >= 0.3 is 6.01 Å². The lowest BCUT2D eigenvalue weighted by atomic mass is 10.2. The van der Waals surface area contributed by atoms with Crippen molar-refractivity contribution in [1.82, 2.24) is 10.2 Å². The molecule has 1 rings (SSSR count). The summed E-state index contributed by atoms with van der Waals surface area (Å²) in [5.74, 6) is 0.258. The highest BCUT2D eigenvalue weighted by atomic mass is 16.4. The first-order chi connectivity index (χ1) is 7.52. The lowest BCUT2D eigenvalue weighted by Crippen LogP contribution is -2.36. The Bertz CT molecular complexity index is 349. The molecule has 0 saturated heterocycles. The van der Waals surface area contributed by atoms with Gasteiger partial charge in [-0.25, -0.2) is 0 Å². The number of carbonyl (C=O) groups excluding carboxylic acids is 1. The lowest BCUT2D eigenvalue weighted by molar-refractivity contribution is -0.116. The molecule has 0 spiro atoms. The lowest BCUT2D eigenvalue weighted by Gasteiger charge is -2.20. The largest absolute Gasteiger partial charge is 0.407 e. The van der Waals surface area contributed by atoms with Crippen LogP contribution < -0.4 is 16.4 Å². The number of hydrogen-bond donors (Lipinski definition) is 2. The second-order valence-corrected chi connectivity index (χ2v) is 3.92. The van der Waals surface area contributed by atoms with Crippen LogP contribution in [0.4, 0.5) is 6.01 Å². The first kappa shape index (κ1) is 12.4. The van der Waals surface area contributed by atoms with Crippen LogP contribution in [0.5, 0.6) is 0 Å². The van der Waals surface area contributed by atoms with Gasteiger partial charge in [0.1, 0.15) is 6.54 Å². The van der Waals surface area contributed by atoms with Crippen molar-refractivity contribution in [3.8, 4) is 0 Å². The van der Waals surface area contributed by atoms with E-state index in [1.54, 1.807) is 4.90 Å². The van der Waals surface area contributed by atoms with E-state index in [0.717, 1.165) is 0 Å². The Morgan fingerprint density at radius 3 is 2.62 bits per heavy atom. The third kappa shape index (κ3) is 3.50. The zero-order valence-electron chi connectivity index (χ0n) is 9.51. The molecule has 4 N–H and O–H groups in total. The maximum Gasteiger partial charge on any atom is 0.318 e. The van der Waals surface area contributed by atoms with Crippen LogP contribution in [0.1, 0.15) is 19.7 Å². The van der Waals surface area contributed by atoms with Gasteiger partial charge in [0, 0.05) is 6.54 Å². The number of nitrogens with zero attached hydrogens (tertiary/aromatic N) is 3. The molecule has 0 aliphatic carbocycles. The number of aromatic nitrogens is 2. The van der Waals surface area contributed by atoms with Gasteiger partial charge < -0.3 is 20.8 Å². The average molecular weight is 227 g/mol. The Morgan fingerprint density at radius 1 is 1.50 bits per heavy atom. The number of hydrogen-bond acceptors (Lipinski definition) is 6. The average Bonchev–Trinajstić information content (AvgIpc) is 2.63. The minimum Gasteiger partial charge on any atom is -0.407 e. The fraction of sp³-hybridized carbons (Fsp3) is 0.667. The van der Waals surface area contributed by atoms with Crippen LogP contribution in [0.25, 0.3) is 0 Å². The van der Waals surface area contributed by atoms with E-state index in [9.17, 15) is 4.79 Å². The number of primary amides is 1. The van der Waals surface area contributed by atoms with Gasteiger partial charge in [-0.05, 0) is 5.92 Å². The van der Waals surface area contributed by atoms with Crippen LogP contribution in [-0.2, 0) is 11.3 Å². The second kappa shape index (κ2) is 5.45. The van der Waals surface area contributed by atoms with Crippen molar-refractivity contribution in [2.45, 2.75) is 20.4 Å². The third-order valence-corrected chi connectivity index (χ3v) is 1.83. The molecule has 1 aromatic heterocycles. The Labute approximate surface area is 93.8 Å². The zero-order chi connectivity index (χ0) is 12.1. The van der Waals surface area contributed by atoms with Gasteiger partial charge in [-0.3, -0.25) is 4.79 Å². The molecule has 1 aromatic rings. The van der Waals surface area contributed by atoms with Gasteiger partial charge in [-0.2, -0.15) is 0 Å². The van der Waals surface area contributed by atoms with Crippen LogP contribution in [-0.4, -0.2) is 29.2 Å². The molecule has 0 bridgehead atoms. The molecule has 0 unspecified atom stereocenters. The Kier molecular flexibility index (Phi) is 4.24. The maximum absolute atomic E-state index is 10.9. The number of amides is 1. The van der Waals surface area contributed by atoms with E-state index in [4.69, 9.17) is 15.9 Å². The van der Waals surface area contributed by atoms with Gasteiger partial charge in [0.05, 0.1) is 6.54 Å². The topological polar surface area (TPSA) is 111 Å². The molecule has 7 nitrogen and oxygen atoms in total. The first-order valence-corrected chi connectivity index (χ1v) is 5.08. The fourth-order valence-corrected chi connectivity index (χ4v) is 1.29. The van der Waals surface area contributed by atoms with E-state index >= 15 is 0 Å². The van der Waals surface area contributed by atoms with E-state index in [-0.39, 0.29) is 19.1 Å². The van der Waals surface area contributed by atoms with E-state index in [0.29, 0.717) is 18.4 Å². The minimum absolute atomic E-state index is 0.0599. The number of rotatable bonds is 6. The van der Waals surface area contributed by atoms with E-state index < -0.39 is 5.91 Å². The number of anilines is 1. The molecule has 0 aliphatic rings. The van der Waals surface area contributed by atoms with Gasteiger partial charge in [0.2, 0.25) is 11.8 Å². The molecule has 0 radical (unpaired) electrons. The van der Waals surface area contributed by atoms with Crippen molar-refractivity contribution in [2.75, 3.05) is 18.0 Å². The highest BCUT2D eigenvalue weighted by molar-refractivity contribution is 5.78. The maximum atomic E-state index is 10.9. The first-order valence-electron chi connectivity index (χ1n) is 5.08. The van der Waals surface area contributed by atoms with Crippen molar-refractivity contribution in [3.05, 3.63) is 5.89 Å². The van der Waals surface area contributed by atoms with Crippen LogP contribution >= 0.6 is 0 Å². The van der Waals surface area contributed by atoms with Gasteiger partial charge in [-0.1, -0.05) is 18.9 Å². The summed E-state index contributed by atoms with van der Waals surface area (Å²) in [4.78, 5) is 12.6. The number of carbonyl (C=O) groups is 1. The standard InChI is InChI=1S/C9H17N5O2/c1-6(2)4-14(5-7(11)15)9-13-12-8(3-10)16-9/h6H,3-5,10H2,1-2H3,(H2,11,15). The summed E-state index contributed by atoms with van der Waals surface area (Å²) < 4.78 is 5.27. The molecule has 0 atom stereocenters. The van der Waals surface area contributed by atoms with Crippen LogP contribution in [0, 0.1) is 5.92 Å². The summed E-state index contributed by atoms with van der Waals surface area (Å²) >= 11 is 0. The van der Waals surface area contributed by atoms with Crippen molar-refractivity contribution in [3.63, 3.8) is 0 Å². The molecular formula is C9H17N5O2. The van der Waals surface area contributed by atoms with Gasteiger partial charge in [-0.15, -0.1) is 5.10 Å². The van der Waals surface area contributed by atoms with Crippen molar-refractivity contribution >= 4 is 11.9 Å². The van der Waals surface area contributed by atoms with Gasteiger partial charge in [0.25, 0.3) is 0 Å². The monoisotopic (exact) mass is 227 g/mol. The van der Waals surface area contributed by atoms with Crippen molar-refractivity contribution in [1.29, 1.82) is 0 Å². The smallest absolute Gasteiger partial charge is 0.318 e. The normalized spacial score (nSPS) is 10.8. The summed E-state index contributed by atoms with van der Waals surface area (Å²) in [6.45, 7) is 4.90. The molecule has 1 amide bonds. The van der Waals surface area contributed by atoms with Gasteiger partial charge in [0.15, 0.2) is 0 Å². The predicted molar refractivity (Wildman–Crippen MR) is 58.4 cm³/mol.